The molecule has 1 heterocycles. The number of nitrogens with one attached hydrogen (secondary N) is 1. The molecule has 2 rings (SSSR count). The number of methoxy groups -OCH3 is 2. The van der Waals surface area contributed by atoms with Crippen molar-refractivity contribution < 1.29 is 17.9 Å². The zero-order valence-corrected chi connectivity index (χ0v) is 13.7. The first kappa shape index (κ1) is 16.8. The Morgan fingerprint density at radius 1 is 1.13 bits per heavy atom. The fourth-order valence-corrected chi connectivity index (χ4v) is 2.82. The Labute approximate surface area is 133 Å². The number of H-pyrrole nitrogens is 1. The molecule has 0 bridgehead atoms. The summed E-state index contributed by atoms with van der Waals surface area (Å²) in [5.74, 6) is 0.471. The molecule has 1 aromatic carbocycles. The third kappa shape index (κ3) is 3.98. The van der Waals surface area contributed by atoms with Gasteiger partial charge in [0.25, 0.3) is 5.56 Å². The van der Waals surface area contributed by atoms with Gasteiger partial charge in [0.2, 0.25) is 0 Å². The van der Waals surface area contributed by atoms with E-state index in [9.17, 15) is 13.2 Å². The molecule has 0 saturated heterocycles. The monoisotopic (exact) mass is 336 g/mol. The van der Waals surface area contributed by atoms with Gasteiger partial charge in [0.1, 0.15) is 4.90 Å². The van der Waals surface area contributed by atoms with Gasteiger partial charge in [-0.15, -0.1) is 0 Å². The van der Waals surface area contributed by atoms with Crippen molar-refractivity contribution in [3.05, 3.63) is 45.9 Å². The SMILES string of the molecule is COc1cc(/C=C/c2ccc(=O)[nH]n2)cc(S(C)(=O)=O)c1OC. The van der Waals surface area contributed by atoms with Gasteiger partial charge in [0.05, 0.1) is 19.9 Å². The standard InChI is InChI=1S/C15H16N2O5S/c1-21-12-8-10(4-5-11-6-7-14(18)17-16-11)9-13(15(12)22-2)23(3,19)20/h4-9H,1-3H3,(H,17,18)/b5-4+. The molecule has 7 nitrogen and oxygen atoms in total. The van der Waals surface area contributed by atoms with Crippen LogP contribution >= 0.6 is 0 Å². The highest BCUT2D eigenvalue weighted by Crippen LogP contribution is 2.36. The van der Waals surface area contributed by atoms with E-state index in [1.54, 1.807) is 24.3 Å². The first-order chi connectivity index (χ1) is 10.8. The molecule has 2 aromatic rings. The first-order valence-corrected chi connectivity index (χ1v) is 8.44. The number of hydrogen-bond acceptors (Lipinski definition) is 6. The molecule has 0 aliphatic carbocycles. The van der Waals surface area contributed by atoms with Crippen LogP contribution < -0.4 is 15.0 Å². The van der Waals surface area contributed by atoms with Crippen molar-refractivity contribution in [3.8, 4) is 11.5 Å². The van der Waals surface area contributed by atoms with Crippen molar-refractivity contribution in [3.63, 3.8) is 0 Å². The van der Waals surface area contributed by atoms with Crippen LogP contribution in [0.4, 0.5) is 0 Å². The molecule has 8 heteroatoms. The summed E-state index contributed by atoms with van der Waals surface area (Å²) in [4.78, 5) is 11.0. The molecule has 0 radical (unpaired) electrons. The molecular formula is C15H16N2O5S. The molecule has 1 N–H and O–H groups in total. The molecular weight excluding hydrogens is 320 g/mol. The second kappa shape index (κ2) is 6.66. The zero-order valence-electron chi connectivity index (χ0n) is 12.9. The van der Waals surface area contributed by atoms with Crippen molar-refractivity contribution in [2.24, 2.45) is 0 Å². The largest absolute Gasteiger partial charge is 0.493 e. The summed E-state index contributed by atoms with van der Waals surface area (Å²) in [7, 11) is -0.679. The van der Waals surface area contributed by atoms with Gasteiger partial charge < -0.3 is 9.47 Å². The van der Waals surface area contributed by atoms with Crippen LogP contribution in [0.15, 0.2) is 34.0 Å². The quantitative estimate of drug-likeness (QED) is 0.885. The van der Waals surface area contributed by atoms with Crippen molar-refractivity contribution in [1.29, 1.82) is 0 Å². The van der Waals surface area contributed by atoms with Crippen LogP contribution in [0.1, 0.15) is 11.3 Å². The summed E-state index contributed by atoms with van der Waals surface area (Å²) in [6.45, 7) is 0. The average molecular weight is 336 g/mol. The minimum absolute atomic E-state index is 0.0356. The maximum atomic E-state index is 11.9. The van der Waals surface area contributed by atoms with Gasteiger partial charge in [-0.25, -0.2) is 13.5 Å². The number of nitrogens with zero attached hydrogens (tertiary/aromatic N) is 1. The summed E-state index contributed by atoms with van der Waals surface area (Å²) in [5, 5.41) is 6.16. The Kier molecular flexibility index (Phi) is 4.85. The van der Waals surface area contributed by atoms with Crippen molar-refractivity contribution >= 4 is 22.0 Å². The van der Waals surface area contributed by atoms with E-state index in [1.165, 1.54) is 26.4 Å². The van der Waals surface area contributed by atoms with Crippen LogP contribution in [0.5, 0.6) is 11.5 Å². The third-order valence-corrected chi connectivity index (χ3v) is 4.12. The summed E-state index contributed by atoms with van der Waals surface area (Å²) in [6.07, 6.45) is 4.40. The highest BCUT2D eigenvalue weighted by Gasteiger charge is 2.19. The molecule has 0 amide bonds. The van der Waals surface area contributed by atoms with Crippen LogP contribution in [0.3, 0.4) is 0 Å². The van der Waals surface area contributed by atoms with Crippen molar-refractivity contribution in [1.82, 2.24) is 10.2 Å². The molecule has 0 unspecified atom stereocenters. The van der Waals surface area contributed by atoms with Crippen LogP contribution in [0, 0.1) is 0 Å². The summed E-state index contributed by atoms with van der Waals surface area (Å²) in [6, 6.07) is 6.03. The minimum atomic E-state index is -3.49. The maximum absolute atomic E-state index is 11.9. The van der Waals surface area contributed by atoms with Crippen LogP contribution in [-0.2, 0) is 9.84 Å². The normalized spacial score (nSPS) is 11.6. The number of ether oxygens (including phenoxy) is 2. The molecule has 1 aromatic heterocycles. The molecule has 0 spiro atoms. The number of hydrogen-bond donors (Lipinski definition) is 1. The molecule has 0 atom stereocenters. The van der Waals surface area contributed by atoms with Crippen LogP contribution in [0.25, 0.3) is 12.2 Å². The van der Waals surface area contributed by atoms with Gasteiger partial charge in [-0.1, -0.05) is 6.08 Å². The predicted molar refractivity (Wildman–Crippen MR) is 86.4 cm³/mol. The van der Waals surface area contributed by atoms with Crippen LogP contribution in [-0.4, -0.2) is 39.1 Å². The van der Waals surface area contributed by atoms with Gasteiger partial charge in [-0.05, 0) is 29.8 Å². The van der Waals surface area contributed by atoms with Gasteiger partial charge in [0.15, 0.2) is 21.3 Å². The highest BCUT2D eigenvalue weighted by atomic mass is 32.2. The average Bonchev–Trinajstić information content (AvgIpc) is 2.52. The second-order valence-corrected chi connectivity index (χ2v) is 6.69. The number of aromatic nitrogens is 2. The maximum Gasteiger partial charge on any atom is 0.264 e. The minimum Gasteiger partial charge on any atom is -0.493 e. The van der Waals surface area contributed by atoms with Gasteiger partial charge in [0, 0.05) is 12.3 Å². The zero-order chi connectivity index (χ0) is 17.0. The Morgan fingerprint density at radius 2 is 1.87 bits per heavy atom. The number of rotatable bonds is 5. The van der Waals surface area contributed by atoms with Gasteiger partial charge in [-0.3, -0.25) is 4.79 Å². The summed E-state index contributed by atoms with van der Waals surface area (Å²) < 4.78 is 34.2. The fraction of sp³-hybridized carbons (Fsp3) is 0.200. The van der Waals surface area contributed by atoms with Gasteiger partial charge >= 0.3 is 0 Å². The number of aromatic amines is 1. The van der Waals surface area contributed by atoms with Crippen molar-refractivity contribution in [2.45, 2.75) is 4.90 Å². The highest BCUT2D eigenvalue weighted by molar-refractivity contribution is 7.90. The number of sulfone groups is 1. The van der Waals surface area contributed by atoms with E-state index in [0.29, 0.717) is 17.0 Å². The van der Waals surface area contributed by atoms with Crippen molar-refractivity contribution in [2.75, 3.05) is 20.5 Å². The molecule has 0 aliphatic heterocycles. The topological polar surface area (TPSA) is 98.4 Å². The Balaban J connectivity index is 2.51. The molecule has 0 fully saturated rings. The molecule has 0 aliphatic rings. The second-order valence-electron chi connectivity index (χ2n) is 4.71. The molecule has 122 valence electrons. The van der Waals surface area contributed by atoms with E-state index >= 15 is 0 Å². The predicted octanol–water partition coefficient (Wildman–Crippen LogP) is 1.36. The smallest absolute Gasteiger partial charge is 0.264 e. The molecule has 0 saturated carbocycles. The lowest BCUT2D eigenvalue weighted by Gasteiger charge is -2.12. The fourth-order valence-electron chi connectivity index (χ4n) is 1.95. The first-order valence-electron chi connectivity index (χ1n) is 6.55. The lowest BCUT2D eigenvalue weighted by Crippen LogP contribution is -2.05. The summed E-state index contributed by atoms with van der Waals surface area (Å²) >= 11 is 0. The summed E-state index contributed by atoms with van der Waals surface area (Å²) in [5.41, 5.74) is 0.823. The van der Waals surface area contributed by atoms with E-state index < -0.39 is 9.84 Å². The van der Waals surface area contributed by atoms with E-state index in [2.05, 4.69) is 10.2 Å². The Morgan fingerprint density at radius 3 is 2.39 bits per heavy atom. The number of benzene rings is 1. The Bertz CT molecular complexity index is 880. The Hall–Kier alpha value is -2.61. The lowest BCUT2D eigenvalue weighted by atomic mass is 10.1. The van der Waals surface area contributed by atoms with E-state index in [4.69, 9.17) is 9.47 Å². The van der Waals surface area contributed by atoms with Crippen LogP contribution in [0.2, 0.25) is 0 Å². The van der Waals surface area contributed by atoms with E-state index in [0.717, 1.165) is 6.26 Å². The van der Waals surface area contributed by atoms with E-state index in [1.807, 2.05) is 0 Å². The lowest BCUT2D eigenvalue weighted by molar-refractivity contribution is 0.347. The third-order valence-electron chi connectivity index (χ3n) is 3.01. The van der Waals surface area contributed by atoms with E-state index in [-0.39, 0.29) is 16.2 Å². The molecule has 23 heavy (non-hydrogen) atoms. The van der Waals surface area contributed by atoms with Gasteiger partial charge in [-0.2, -0.15) is 5.10 Å².